The monoisotopic (exact) mass is 382 g/mol. The third-order valence-corrected chi connectivity index (χ3v) is 3.58. The second kappa shape index (κ2) is 10.0. The number of carbonyl (C=O) groups excluding carboxylic acids is 2. The third kappa shape index (κ3) is 6.05. The van der Waals surface area contributed by atoms with Crippen LogP contribution < -0.4 is 9.47 Å². The van der Waals surface area contributed by atoms with Crippen molar-refractivity contribution >= 4 is 33.7 Å². The first-order valence-corrected chi connectivity index (χ1v) is 8.26. The van der Waals surface area contributed by atoms with E-state index in [0.29, 0.717) is 35.8 Å². The largest absolute Gasteiger partial charge is 0.490 e. The van der Waals surface area contributed by atoms with Gasteiger partial charge < -0.3 is 14.2 Å². The summed E-state index contributed by atoms with van der Waals surface area (Å²) >= 11 is 11.0. The second-order valence-electron chi connectivity index (χ2n) is 4.85. The number of para-hydroxylation sites is 2. The standard InChI is InChI=1S/C18H16Cl2O5/c19-17(21)13-5-1-3-7-15(13)24-11-9-23-10-12-25-16-8-4-2-6-14(16)18(20)22/h1-8H,9-12H2. The number of carbonyl (C=O) groups is 2. The van der Waals surface area contributed by atoms with Gasteiger partial charge in [-0.05, 0) is 47.5 Å². The topological polar surface area (TPSA) is 61.8 Å². The van der Waals surface area contributed by atoms with Gasteiger partial charge in [0.05, 0.1) is 24.3 Å². The highest BCUT2D eigenvalue weighted by Gasteiger charge is 2.10. The van der Waals surface area contributed by atoms with Crippen LogP contribution in [-0.2, 0) is 4.74 Å². The first kappa shape index (κ1) is 19.2. The molecule has 0 bridgehead atoms. The van der Waals surface area contributed by atoms with Crippen LogP contribution in [0.15, 0.2) is 48.5 Å². The number of halogens is 2. The van der Waals surface area contributed by atoms with E-state index in [1.807, 2.05) is 0 Å². The van der Waals surface area contributed by atoms with E-state index in [2.05, 4.69) is 0 Å². The molecule has 132 valence electrons. The lowest BCUT2D eigenvalue weighted by molar-refractivity contribution is 0.0756. The highest BCUT2D eigenvalue weighted by Crippen LogP contribution is 2.20. The van der Waals surface area contributed by atoms with Crippen LogP contribution in [0.4, 0.5) is 0 Å². The quantitative estimate of drug-likeness (QED) is 0.460. The van der Waals surface area contributed by atoms with Gasteiger partial charge in [-0.15, -0.1) is 0 Å². The predicted octanol–water partition coefficient (Wildman–Crippen LogP) is 3.92. The van der Waals surface area contributed by atoms with E-state index in [-0.39, 0.29) is 13.2 Å². The molecule has 0 amide bonds. The molecule has 2 aromatic rings. The third-order valence-electron chi connectivity index (χ3n) is 3.17. The van der Waals surface area contributed by atoms with Crippen molar-refractivity contribution in [1.29, 1.82) is 0 Å². The van der Waals surface area contributed by atoms with Crippen LogP contribution in [0.5, 0.6) is 11.5 Å². The molecule has 0 aliphatic rings. The van der Waals surface area contributed by atoms with E-state index in [1.165, 1.54) is 0 Å². The molecule has 0 fully saturated rings. The molecule has 0 aromatic heterocycles. The van der Waals surface area contributed by atoms with E-state index >= 15 is 0 Å². The van der Waals surface area contributed by atoms with Crippen LogP contribution in [-0.4, -0.2) is 36.9 Å². The lowest BCUT2D eigenvalue weighted by Crippen LogP contribution is -2.13. The first-order valence-electron chi connectivity index (χ1n) is 7.50. The first-order chi connectivity index (χ1) is 12.1. The highest BCUT2D eigenvalue weighted by molar-refractivity contribution is 6.68. The SMILES string of the molecule is O=C(Cl)c1ccccc1OCCOCCOc1ccccc1C(=O)Cl. The number of hydrogen-bond donors (Lipinski definition) is 0. The van der Waals surface area contributed by atoms with E-state index in [4.69, 9.17) is 37.4 Å². The van der Waals surface area contributed by atoms with E-state index in [0.717, 1.165) is 0 Å². The minimum absolute atomic E-state index is 0.262. The average Bonchev–Trinajstić information content (AvgIpc) is 2.61. The van der Waals surface area contributed by atoms with Gasteiger partial charge in [-0.2, -0.15) is 0 Å². The fourth-order valence-electron chi connectivity index (χ4n) is 2.03. The molecule has 0 saturated carbocycles. The van der Waals surface area contributed by atoms with Gasteiger partial charge in [-0.25, -0.2) is 0 Å². The van der Waals surface area contributed by atoms with Crippen LogP contribution in [0, 0.1) is 0 Å². The molecule has 25 heavy (non-hydrogen) atoms. The van der Waals surface area contributed by atoms with Crippen molar-refractivity contribution in [3.63, 3.8) is 0 Å². The van der Waals surface area contributed by atoms with Gasteiger partial charge >= 0.3 is 0 Å². The smallest absolute Gasteiger partial charge is 0.256 e. The van der Waals surface area contributed by atoms with Crippen molar-refractivity contribution in [3.05, 3.63) is 59.7 Å². The fourth-order valence-corrected chi connectivity index (χ4v) is 2.35. The Hall–Kier alpha value is -2.08. The maximum atomic E-state index is 11.3. The van der Waals surface area contributed by atoms with Gasteiger partial charge in [-0.3, -0.25) is 9.59 Å². The van der Waals surface area contributed by atoms with Crippen molar-refractivity contribution in [1.82, 2.24) is 0 Å². The van der Waals surface area contributed by atoms with Crippen molar-refractivity contribution in [3.8, 4) is 11.5 Å². The predicted molar refractivity (Wildman–Crippen MR) is 95.1 cm³/mol. The minimum Gasteiger partial charge on any atom is -0.490 e. The maximum Gasteiger partial charge on any atom is 0.256 e. The molecule has 0 atom stereocenters. The zero-order valence-electron chi connectivity index (χ0n) is 13.2. The Morgan fingerprint density at radius 3 is 1.48 bits per heavy atom. The Morgan fingerprint density at radius 1 is 0.680 bits per heavy atom. The van der Waals surface area contributed by atoms with Crippen molar-refractivity contribution in [2.45, 2.75) is 0 Å². The molecule has 5 nitrogen and oxygen atoms in total. The minimum atomic E-state index is -0.572. The zero-order valence-corrected chi connectivity index (χ0v) is 14.8. The average molecular weight is 383 g/mol. The van der Waals surface area contributed by atoms with Crippen molar-refractivity contribution in [2.24, 2.45) is 0 Å². The summed E-state index contributed by atoms with van der Waals surface area (Å²) in [4.78, 5) is 22.5. The molecule has 0 radical (unpaired) electrons. The Bertz CT molecular complexity index is 671. The summed E-state index contributed by atoms with van der Waals surface area (Å²) in [5.74, 6) is 0.828. The molecule has 0 unspecified atom stereocenters. The summed E-state index contributed by atoms with van der Waals surface area (Å²) < 4.78 is 16.4. The number of ether oxygens (including phenoxy) is 3. The van der Waals surface area contributed by atoms with Crippen molar-refractivity contribution < 1.29 is 23.8 Å². The van der Waals surface area contributed by atoms with Crippen LogP contribution in [0.1, 0.15) is 20.7 Å². The normalized spacial score (nSPS) is 10.3. The molecule has 0 N–H and O–H groups in total. The Kier molecular flexibility index (Phi) is 7.73. The van der Waals surface area contributed by atoms with Crippen molar-refractivity contribution in [2.75, 3.05) is 26.4 Å². The second-order valence-corrected chi connectivity index (χ2v) is 5.54. The molecule has 7 heteroatoms. The van der Waals surface area contributed by atoms with Gasteiger partial charge in [0.25, 0.3) is 10.5 Å². The molecular formula is C18H16Cl2O5. The van der Waals surface area contributed by atoms with Gasteiger partial charge in [-0.1, -0.05) is 24.3 Å². The zero-order chi connectivity index (χ0) is 18.1. The summed E-state index contributed by atoms with van der Waals surface area (Å²) in [5, 5.41) is -1.14. The number of rotatable bonds is 10. The molecule has 2 aromatic carbocycles. The molecule has 0 heterocycles. The number of benzene rings is 2. The Morgan fingerprint density at radius 2 is 1.08 bits per heavy atom. The van der Waals surface area contributed by atoms with Gasteiger partial charge in [0.1, 0.15) is 24.7 Å². The van der Waals surface area contributed by atoms with E-state index in [1.54, 1.807) is 48.5 Å². The summed E-state index contributed by atoms with van der Waals surface area (Å²) in [5.41, 5.74) is 0.629. The summed E-state index contributed by atoms with van der Waals surface area (Å²) in [6.45, 7) is 1.14. The summed E-state index contributed by atoms with van der Waals surface area (Å²) in [6, 6.07) is 13.4. The van der Waals surface area contributed by atoms with Gasteiger partial charge in [0.15, 0.2) is 0 Å². The van der Waals surface area contributed by atoms with E-state index in [9.17, 15) is 9.59 Å². The van der Waals surface area contributed by atoms with Crippen LogP contribution in [0.3, 0.4) is 0 Å². The molecule has 0 spiro atoms. The van der Waals surface area contributed by atoms with E-state index < -0.39 is 10.5 Å². The Balaban J connectivity index is 1.68. The molecule has 0 aliphatic heterocycles. The molecule has 0 aliphatic carbocycles. The lowest BCUT2D eigenvalue weighted by Gasteiger charge is -2.11. The molecular weight excluding hydrogens is 367 g/mol. The summed E-state index contributed by atoms with van der Waals surface area (Å²) in [7, 11) is 0. The summed E-state index contributed by atoms with van der Waals surface area (Å²) in [6.07, 6.45) is 0. The molecule has 0 saturated heterocycles. The Labute approximate surface area is 155 Å². The van der Waals surface area contributed by atoms with Crippen LogP contribution in [0.25, 0.3) is 0 Å². The fraction of sp³-hybridized carbons (Fsp3) is 0.222. The molecule has 2 rings (SSSR count). The number of hydrogen-bond acceptors (Lipinski definition) is 5. The van der Waals surface area contributed by atoms with Gasteiger partial charge in [0.2, 0.25) is 0 Å². The lowest BCUT2D eigenvalue weighted by atomic mass is 10.2. The van der Waals surface area contributed by atoms with Gasteiger partial charge in [0, 0.05) is 0 Å². The maximum absolute atomic E-state index is 11.3. The highest BCUT2D eigenvalue weighted by atomic mass is 35.5. The van der Waals surface area contributed by atoms with Crippen LogP contribution in [0.2, 0.25) is 0 Å². The van der Waals surface area contributed by atoms with Crippen LogP contribution >= 0.6 is 23.2 Å².